The molecule has 0 radical (unpaired) electrons. The van der Waals surface area contributed by atoms with Crippen LogP contribution in [0.3, 0.4) is 0 Å². The number of hydrogen-bond acceptors (Lipinski definition) is 4. The van der Waals surface area contributed by atoms with Crippen LogP contribution in [0.5, 0.6) is 11.5 Å². The van der Waals surface area contributed by atoms with Gasteiger partial charge < -0.3 is 19.7 Å². The normalized spacial score (nSPS) is 10.2. The zero-order chi connectivity index (χ0) is 13.7. The third-order valence-corrected chi connectivity index (χ3v) is 2.51. The minimum absolute atomic E-state index is 0.162. The predicted octanol–water partition coefficient (Wildman–Crippen LogP) is 1.03. The summed E-state index contributed by atoms with van der Waals surface area (Å²) in [5.41, 5.74) is 0.478. The smallest absolute Gasteiger partial charge is 0.318 e. The van der Waals surface area contributed by atoms with Gasteiger partial charge in [0.05, 0.1) is 14.2 Å². The Morgan fingerprint density at radius 2 is 1.78 bits per heavy atom. The van der Waals surface area contributed by atoms with Crippen molar-refractivity contribution in [3.8, 4) is 11.5 Å². The van der Waals surface area contributed by atoms with Crippen molar-refractivity contribution in [1.29, 1.82) is 0 Å². The Balaban J connectivity index is 3.06. The molecule has 0 heterocycles. The van der Waals surface area contributed by atoms with Crippen LogP contribution in [-0.2, 0) is 16.0 Å². The Hall–Kier alpha value is -2.24. The van der Waals surface area contributed by atoms with E-state index in [4.69, 9.17) is 19.7 Å². The summed E-state index contributed by atoms with van der Waals surface area (Å²) >= 11 is 0. The van der Waals surface area contributed by atoms with Gasteiger partial charge in [-0.1, -0.05) is 0 Å². The van der Waals surface area contributed by atoms with E-state index in [9.17, 15) is 9.59 Å². The van der Waals surface area contributed by atoms with Gasteiger partial charge >= 0.3 is 11.9 Å². The SMILES string of the molecule is COc1ccc(OC)c(CC(C(=O)O)C(=O)O)c1. The van der Waals surface area contributed by atoms with Crippen molar-refractivity contribution in [1.82, 2.24) is 0 Å². The number of aliphatic carboxylic acids is 2. The Labute approximate surface area is 104 Å². The van der Waals surface area contributed by atoms with Crippen LogP contribution in [-0.4, -0.2) is 36.4 Å². The third kappa shape index (κ3) is 3.13. The average molecular weight is 254 g/mol. The van der Waals surface area contributed by atoms with Gasteiger partial charge in [0.1, 0.15) is 11.5 Å². The summed E-state index contributed by atoms with van der Waals surface area (Å²) in [7, 11) is 2.90. The van der Waals surface area contributed by atoms with Gasteiger partial charge in [-0.25, -0.2) is 0 Å². The van der Waals surface area contributed by atoms with E-state index < -0.39 is 17.9 Å². The van der Waals surface area contributed by atoms with Crippen LogP contribution in [0.25, 0.3) is 0 Å². The van der Waals surface area contributed by atoms with Crippen LogP contribution in [0.1, 0.15) is 5.56 Å². The van der Waals surface area contributed by atoms with Gasteiger partial charge in [0.15, 0.2) is 5.92 Å². The lowest BCUT2D eigenvalue weighted by atomic mass is 9.98. The van der Waals surface area contributed by atoms with Gasteiger partial charge in [-0.05, 0) is 23.8 Å². The van der Waals surface area contributed by atoms with Crippen molar-refractivity contribution in [2.45, 2.75) is 6.42 Å². The molecule has 0 saturated heterocycles. The first-order valence-electron chi connectivity index (χ1n) is 5.16. The summed E-state index contributed by atoms with van der Waals surface area (Å²) in [5, 5.41) is 17.7. The van der Waals surface area contributed by atoms with E-state index in [0.29, 0.717) is 17.1 Å². The lowest BCUT2D eigenvalue weighted by molar-refractivity contribution is -0.154. The number of benzene rings is 1. The molecule has 0 saturated carbocycles. The van der Waals surface area contributed by atoms with Gasteiger partial charge in [-0.3, -0.25) is 9.59 Å². The fourth-order valence-corrected chi connectivity index (χ4v) is 1.54. The highest BCUT2D eigenvalue weighted by molar-refractivity contribution is 5.93. The number of rotatable bonds is 6. The molecule has 1 rings (SSSR count). The highest BCUT2D eigenvalue weighted by Crippen LogP contribution is 2.26. The van der Waals surface area contributed by atoms with E-state index in [1.807, 2.05) is 0 Å². The van der Waals surface area contributed by atoms with Crippen molar-refractivity contribution in [3.05, 3.63) is 23.8 Å². The van der Waals surface area contributed by atoms with Crippen LogP contribution in [0.2, 0.25) is 0 Å². The van der Waals surface area contributed by atoms with Crippen molar-refractivity contribution >= 4 is 11.9 Å². The first-order valence-corrected chi connectivity index (χ1v) is 5.16. The molecule has 2 N–H and O–H groups in total. The summed E-state index contributed by atoms with van der Waals surface area (Å²) in [4.78, 5) is 21.7. The minimum atomic E-state index is -1.51. The Kier molecular flexibility index (Phi) is 4.53. The van der Waals surface area contributed by atoms with Crippen LogP contribution < -0.4 is 9.47 Å². The van der Waals surface area contributed by atoms with Crippen LogP contribution in [0.4, 0.5) is 0 Å². The topological polar surface area (TPSA) is 93.1 Å². The lowest BCUT2D eigenvalue weighted by Crippen LogP contribution is -2.25. The molecule has 0 fully saturated rings. The molecule has 0 spiro atoms. The first kappa shape index (κ1) is 13.8. The van der Waals surface area contributed by atoms with Crippen molar-refractivity contribution < 1.29 is 29.3 Å². The molecule has 18 heavy (non-hydrogen) atoms. The number of methoxy groups -OCH3 is 2. The molecule has 6 nitrogen and oxygen atoms in total. The number of carbonyl (C=O) groups is 2. The van der Waals surface area contributed by atoms with Crippen molar-refractivity contribution in [3.63, 3.8) is 0 Å². The van der Waals surface area contributed by atoms with Crippen LogP contribution in [0.15, 0.2) is 18.2 Å². The number of ether oxygens (including phenoxy) is 2. The molecule has 0 amide bonds. The largest absolute Gasteiger partial charge is 0.497 e. The van der Waals surface area contributed by atoms with Gasteiger partial charge in [0.2, 0.25) is 0 Å². The highest BCUT2D eigenvalue weighted by Gasteiger charge is 2.27. The maximum absolute atomic E-state index is 10.8. The maximum atomic E-state index is 10.8. The van der Waals surface area contributed by atoms with Gasteiger partial charge in [0.25, 0.3) is 0 Å². The van der Waals surface area contributed by atoms with Gasteiger partial charge in [-0.2, -0.15) is 0 Å². The Bertz CT molecular complexity index is 440. The maximum Gasteiger partial charge on any atom is 0.318 e. The van der Waals surface area contributed by atoms with E-state index in [0.717, 1.165) is 0 Å². The molecule has 0 aromatic heterocycles. The molecule has 0 unspecified atom stereocenters. The second kappa shape index (κ2) is 5.90. The molecule has 1 aromatic rings. The molecule has 0 bridgehead atoms. The second-order valence-corrected chi connectivity index (χ2v) is 3.61. The molecule has 0 aliphatic heterocycles. The summed E-state index contributed by atoms with van der Waals surface area (Å²) in [6.45, 7) is 0. The zero-order valence-corrected chi connectivity index (χ0v) is 10.0. The molecule has 0 atom stereocenters. The third-order valence-electron chi connectivity index (χ3n) is 2.51. The molecular weight excluding hydrogens is 240 g/mol. The van der Waals surface area contributed by atoms with Crippen LogP contribution in [0, 0.1) is 5.92 Å². The van der Waals surface area contributed by atoms with Crippen LogP contribution >= 0.6 is 0 Å². The zero-order valence-electron chi connectivity index (χ0n) is 10.0. The average Bonchev–Trinajstić information content (AvgIpc) is 2.34. The predicted molar refractivity (Wildman–Crippen MR) is 62.0 cm³/mol. The van der Waals surface area contributed by atoms with E-state index in [1.165, 1.54) is 14.2 Å². The molecule has 1 aromatic carbocycles. The molecule has 6 heteroatoms. The Morgan fingerprint density at radius 1 is 1.17 bits per heavy atom. The highest BCUT2D eigenvalue weighted by atomic mass is 16.5. The Morgan fingerprint density at radius 3 is 2.22 bits per heavy atom. The number of carboxylic acid groups (broad SMARTS) is 2. The second-order valence-electron chi connectivity index (χ2n) is 3.61. The fraction of sp³-hybridized carbons (Fsp3) is 0.333. The number of hydrogen-bond donors (Lipinski definition) is 2. The summed E-state index contributed by atoms with van der Waals surface area (Å²) in [6, 6.07) is 4.82. The lowest BCUT2D eigenvalue weighted by Gasteiger charge is -2.12. The van der Waals surface area contributed by atoms with Crippen molar-refractivity contribution in [2.24, 2.45) is 5.92 Å². The van der Waals surface area contributed by atoms with Gasteiger partial charge in [-0.15, -0.1) is 0 Å². The standard InChI is InChI=1S/C12H14O6/c1-17-8-3-4-10(18-2)7(5-8)6-9(11(13)14)12(15)16/h3-5,9H,6H2,1-2H3,(H,13,14)(H,15,16). The monoisotopic (exact) mass is 254 g/mol. The van der Waals surface area contributed by atoms with E-state index >= 15 is 0 Å². The molecule has 98 valence electrons. The quantitative estimate of drug-likeness (QED) is 0.736. The first-order chi connectivity index (χ1) is 8.49. The molecule has 0 aliphatic rings. The van der Waals surface area contributed by atoms with Crippen molar-refractivity contribution in [2.75, 3.05) is 14.2 Å². The molecular formula is C12H14O6. The summed E-state index contributed by atoms with van der Waals surface area (Å²) in [5.74, 6) is -3.32. The summed E-state index contributed by atoms with van der Waals surface area (Å²) in [6.07, 6.45) is -0.162. The number of carboxylic acids is 2. The molecule has 0 aliphatic carbocycles. The van der Waals surface area contributed by atoms with E-state index in [2.05, 4.69) is 0 Å². The van der Waals surface area contributed by atoms with E-state index in [1.54, 1.807) is 18.2 Å². The minimum Gasteiger partial charge on any atom is -0.497 e. The van der Waals surface area contributed by atoms with Gasteiger partial charge in [0, 0.05) is 6.42 Å². The summed E-state index contributed by atoms with van der Waals surface area (Å²) < 4.78 is 10.1. The fourth-order valence-electron chi connectivity index (χ4n) is 1.54. The van der Waals surface area contributed by atoms with E-state index in [-0.39, 0.29) is 6.42 Å².